The van der Waals surface area contributed by atoms with Crippen LogP contribution in [0.15, 0.2) is 58.6 Å². The minimum atomic E-state index is -3.78. The largest absolute Gasteiger partial charge is 0.468 e. The fourth-order valence-corrected chi connectivity index (χ4v) is 3.21. The summed E-state index contributed by atoms with van der Waals surface area (Å²) >= 11 is 0. The molecule has 0 aliphatic heterocycles. The summed E-state index contributed by atoms with van der Waals surface area (Å²) in [7, 11) is -3.78. The normalized spacial score (nSPS) is 11.9. The van der Waals surface area contributed by atoms with Gasteiger partial charge in [0, 0.05) is 12.0 Å². The molecule has 2 rings (SSSR count). The van der Waals surface area contributed by atoms with Crippen LogP contribution >= 0.6 is 0 Å². The lowest BCUT2D eigenvalue weighted by molar-refractivity contribution is -0.121. The van der Waals surface area contributed by atoms with Gasteiger partial charge in [0.15, 0.2) is 0 Å². The number of nitrogens with zero attached hydrogens (tertiary/aromatic N) is 1. The van der Waals surface area contributed by atoms with Gasteiger partial charge in [-0.2, -0.15) is 4.31 Å². The second-order valence-electron chi connectivity index (χ2n) is 5.46. The average molecular weight is 362 g/mol. The van der Waals surface area contributed by atoms with E-state index in [9.17, 15) is 13.2 Å². The van der Waals surface area contributed by atoms with Crippen molar-refractivity contribution in [3.05, 3.63) is 65.5 Å². The Kier molecular flexibility index (Phi) is 6.97. The molecule has 1 aromatic heterocycles. The van der Waals surface area contributed by atoms with Gasteiger partial charge in [0.2, 0.25) is 15.9 Å². The predicted molar refractivity (Wildman–Crippen MR) is 96.8 cm³/mol. The van der Waals surface area contributed by atoms with Gasteiger partial charge >= 0.3 is 0 Å². The second-order valence-corrected chi connectivity index (χ2v) is 7.27. The molecule has 0 unspecified atom stereocenters. The molecule has 0 aliphatic rings. The number of benzene rings is 1. The van der Waals surface area contributed by atoms with Crippen LogP contribution < -0.4 is 5.32 Å². The Morgan fingerprint density at radius 2 is 1.96 bits per heavy atom. The summed E-state index contributed by atoms with van der Waals surface area (Å²) in [6, 6.07) is 12.5. The summed E-state index contributed by atoms with van der Waals surface area (Å²) in [6.45, 7) is 2.17. The minimum absolute atomic E-state index is 0.00594. The van der Waals surface area contributed by atoms with Crippen molar-refractivity contribution in [1.82, 2.24) is 9.62 Å². The van der Waals surface area contributed by atoms with E-state index in [0.29, 0.717) is 12.3 Å². The van der Waals surface area contributed by atoms with E-state index in [-0.39, 0.29) is 19.0 Å². The molecule has 134 valence electrons. The van der Waals surface area contributed by atoms with Gasteiger partial charge in [-0.05, 0) is 30.2 Å². The van der Waals surface area contributed by atoms with E-state index < -0.39 is 10.0 Å². The predicted octanol–water partition coefficient (Wildman–Crippen LogP) is 2.61. The van der Waals surface area contributed by atoms with E-state index in [0.717, 1.165) is 21.7 Å². The second kappa shape index (κ2) is 9.19. The zero-order chi connectivity index (χ0) is 18.1. The third kappa shape index (κ3) is 6.21. The number of furan rings is 1. The van der Waals surface area contributed by atoms with Gasteiger partial charge in [0.25, 0.3) is 0 Å². The van der Waals surface area contributed by atoms with Crippen molar-refractivity contribution in [2.24, 2.45) is 0 Å². The topological polar surface area (TPSA) is 79.6 Å². The first kappa shape index (κ1) is 19.0. The van der Waals surface area contributed by atoms with Crippen LogP contribution in [0.25, 0.3) is 6.08 Å². The maximum absolute atomic E-state index is 12.7. The van der Waals surface area contributed by atoms with Gasteiger partial charge in [-0.15, -0.1) is 0 Å². The van der Waals surface area contributed by atoms with Crippen LogP contribution in [0, 0.1) is 0 Å². The lowest BCUT2D eigenvalue weighted by Crippen LogP contribution is -2.39. The Bertz CT molecular complexity index is 784. The van der Waals surface area contributed by atoms with E-state index >= 15 is 0 Å². The van der Waals surface area contributed by atoms with Crippen molar-refractivity contribution >= 4 is 22.0 Å². The van der Waals surface area contributed by atoms with Crippen molar-refractivity contribution in [2.75, 3.05) is 13.1 Å². The van der Waals surface area contributed by atoms with Crippen LogP contribution in [-0.4, -0.2) is 31.7 Å². The third-order valence-electron chi connectivity index (χ3n) is 3.40. The van der Waals surface area contributed by atoms with Gasteiger partial charge in [0.05, 0.1) is 19.4 Å². The van der Waals surface area contributed by atoms with Crippen molar-refractivity contribution < 1.29 is 17.6 Å². The molecule has 1 aromatic carbocycles. The maximum atomic E-state index is 12.7. The monoisotopic (exact) mass is 362 g/mol. The molecule has 0 atom stereocenters. The molecule has 1 heterocycles. The number of carbonyl (C=O) groups excluding carboxylic acids is 1. The third-order valence-corrected chi connectivity index (χ3v) is 4.85. The first-order chi connectivity index (χ1) is 12.0. The van der Waals surface area contributed by atoms with Gasteiger partial charge in [-0.25, -0.2) is 8.42 Å². The quantitative estimate of drug-likeness (QED) is 0.744. The summed E-state index contributed by atoms with van der Waals surface area (Å²) in [5, 5.41) is 3.80. The highest BCUT2D eigenvalue weighted by molar-refractivity contribution is 7.92. The number of carbonyl (C=O) groups is 1. The van der Waals surface area contributed by atoms with Gasteiger partial charge < -0.3 is 9.73 Å². The van der Waals surface area contributed by atoms with Crippen LogP contribution in [0.5, 0.6) is 0 Å². The number of amides is 1. The standard InChI is InChI=1S/C18H22N2O4S/c1-2-11-19-18(21)15-20(14-17-9-6-12-24-17)25(22,23)13-10-16-7-4-3-5-8-16/h3-10,12-13H,2,11,14-15H2,1H3,(H,19,21)/b13-10+. The molecule has 0 bridgehead atoms. The lowest BCUT2D eigenvalue weighted by Gasteiger charge is -2.18. The van der Waals surface area contributed by atoms with Crippen LogP contribution in [0.2, 0.25) is 0 Å². The highest BCUT2D eigenvalue weighted by Crippen LogP contribution is 2.13. The molecule has 0 saturated heterocycles. The molecule has 0 saturated carbocycles. The van der Waals surface area contributed by atoms with Crippen LogP contribution in [0.3, 0.4) is 0 Å². The van der Waals surface area contributed by atoms with E-state index in [1.165, 1.54) is 12.3 Å². The Balaban J connectivity index is 2.16. The van der Waals surface area contributed by atoms with E-state index in [1.807, 2.05) is 25.1 Å². The van der Waals surface area contributed by atoms with Crippen molar-refractivity contribution in [2.45, 2.75) is 19.9 Å². The summed E-state index contributed by atoms with van der Waals surface area (Å²) in [5.74, 6) is 0.130. The SMILES string of the molecule is CCCNC(=O)CN(Cc1ccco1)S(=O)(=O)/C=C/c1ccccc1. The first-order valence-corrected chi connectivity index (χ1v) is 9.54. The fraction of sp³-hybridized carbons (Fsp3) is 0.278. The lowest BCUT2D eigenvalue weighted by atomic mass is 10.2. The molecular weight excluding hydrogens is 340 g/mol. The summed E-state index contributed by atoms with van der Waals surface area (Å²) in [5.41, 5.74) is 0.763. The number of sulfonamides is 1. The maximum Gasteiger partial charge on any atom is 0.237 e. The summed E-state index contributed by atoms with van der Waals surface area (Å²) in [4.78, 5) is 12.0. The molecule has 0 fully saturated rings. The van der Waals surface area contributed by atoms with Gasteiger partial charge in [-0.1, -0.05) is 37.3 Å². The smallest absolute Gasteiger partial charge is 0.237 e. The Morgan fingerprint density at radius 3 is 2.60 bits per heavy atom. The molecule has 0 spiro atoms. The highest BCUT2D eigenvalue weighted by atomic mass is 32.2. The van der Waals surface area contributed by atoms with Crippen molar-refractivity contribution in [3.8, 4) is 0 Å². The van der Waals surface area contributed by atoms with Gasteiger partial charge in [0.1, 0.15) is 5.76 Å². The molecule has 1 amide bonds. The van der Waals surface area contributed by atoms with E-state index in [4.69, 9.17) is 4.42 Å². The highest BCUT2D eigenvalue weighted by Gasteiger charge is 2.23. The molecule has 6 nitrogen and oxygen atoms in total. The minimum Gasteiger partial charge on any atom is -0.468 e. The molecule has 25 heavy (non-hydrogen) atoms. The van der Waals surface area contributed by atoms with Crippen molar-refractivity contribution in [1.29, 1.82) is 0 Å². The first-order valence-electron chi connectivity index (χ1n) is 8.03. The van der Waals surface area contributed by atoms with Crippen LogP contribution in [0.4, 0.5) is 0 Å². The molecule has 1 N–H and O–H groups in total. The van der Waals surface area contributed by atoms with E-state index in [2.05, 4.69) is 5.32 Å². The Morgan fingerprint density at radius 1 is 1.20 bits per heavy atom. The number of nitrogens with one attached hydrogen (secondary N) is 1. The number of hydrogen-bond acceptors (Lipinski definition) is 4. The van der Waals surface area contributed by atoms with Crippen LogP contribution in [-0.2, 0) is 21.4 Å². The molecule has 0 aliphatic carbocycles. The molecule has 2 aromatic rings. The fourth-order valence-electron chi connectivity index (χ4n) is 2.11. The Hall–Kier alpha value is -2.38. The summed E-state index contributed by atoms with van der Waals surface area (Å²) in [6.07, 6.45) is 3.76. The average Bonchev–Trinajstić information content (AvgIpc) is 3.12. The van der Waals surface area contributed by atoms with Gasteiger partial charge in [-0.3, -0.25) is 4.79 Å². The molecule has 0 radical (unpaired) electrons. The zero-order valence-electron chi connectivity index (χ0n) is 14.1. The summed E-state index contributed by atoms with van der Waals surface area (Å²) < 4.78 is 31.6. The molecular formula is C18H22N2O4S. The number of rotatable bonds is 9. The number of hydrogen-bond donors (Lipinski definition) is 1. The zero-order valence-corrected chi connectivity index (χ0v) is 14.9. The molecule has 7 heteroatoms. The Labute approximate surface area is 148 Å². The van der Waals surface area contributed by atoms with Crippen LogP contribution in [0.1, 0.15) is 24.7 Å². The van der Waals surface area contributed by atoms with E-state index in [1.54, 1.807) is 24.3 Å². The van der Waals surface area contributed by atoms with Crippen molar-refractivity contribution in [3.63, 3.8) is 0 Å².